The normalized spacial score (nSPS) is 10.7. The number of carbonyl (C=O) groups excluding carboxylic acids is 1. The van der Waals surface area contributed by atoms with Gasteiger partial charge >= 0.3 is 0 Å². The van der Waals surface area contributed by atoms with Gasteiger partial charge in [-0.25, -0.2) is 4.99 Å². The zero-order valence-corrected chi connectivity index (χ0v) is 16.0. The first-order chi connectivity index (χ1) is 9.24. The Kier molecular flexibility index (Phi) is 18.7. The lowest BCUT2D eigenvalue weighted by molar-refractivity contribution is -0.119. The highest BCUT2D eigenvalue weighted by Gasteiger charge is 2.00. The van der Waals surface area contributed by atoms with Crippen LogP contribution in [0.2, 0.25) is 0 Å². The average molecular weight is 416 g/mol. The Morgan fingerprint density at radius 3 is 2.45 bits per heavy atom. The molecule has 0 saturated carbocycles. The number of nitrogens with zero attached hydrogens (tertiary/aromatic N) is 1. The summed E-state index contributed by atoms with van der Waals surface area (Å²) in [4.78, 5) is 15.7. The molecule has 0 aromatic carbocycles. The van der Waals surface area contributed by atoms with E-state index in [4.69, 9.17) is 0 Å². The van der Waals surface area contributed by atoms with Crippen molar-refractivity contribution in [3.8, 4) is 0 Å². The molecule has 0 saturated heterocycles. The fraction of sp³-hybridized carbons (Fsp3) is 0.846. The summed E-state index contributed by atoms with van der Waals surface area (Å²) in [6.45, 7) is 6.63. The largest absolute Gasteiger partial charge is 0.357 e. The first-order valence-electron chi connectivity index (χ1n) is 7.02. The highest BCUT2D eigenvalue weighted by Crippen LogP contribution is 1.97. The molecule has 0 rings (SSSR count). The van der Waals surface area contributed by atoms with E-state index >= 15 is 0 Å². The molecule has 0 aliphatic carbocycles. The van der Waals surface area contributed by atoms with Crippen molar-refractivity contribution in [1.82, 2.24) is 16.0 Å². The average Bonchev–Trinajstić information content (AvgIpc) is 2.42. The van der Waals surface area contributed by atoms with Crippen LogP contribution in [-0.2, 0) is 4.79 Å². The van der Waals surface area contributed by atoms with Gasteiger partial charge in [0.05, 0.1) is 0 Å². The van der Waals surface area contributed by atoms with Crippen molar-refractivity contribution in [2.24, 2.45) is 4.99 Å². The van der Waals surface area contributed by atoms with Gasteiger partial charge in [-0.15, -0.1) is 24.0 Å². The van der Waals surface area contributed by atoms with Gasteiger partial charge in [0.15, 0.2) is 5.96 Å². The van der Waals surface area contributed by atoms with Crippen molar-refractivity contribution < 1.29 is 4.79 Å². The Morgan fingerprint density at radius 1 is 1.10 bits per heavy atom. The van der Waals surface area contributed by atoms with Crippen molar-refractivity contribution in [3.05, 3.63) is 0 Å². The standard InChI is InChI=1S/C13H28N4OS.HI/c1-4-8-15-12(18)11-17-13(14-5-2)16-9-6-7-10-19-3;/h4-11H2,1-3H3,(H,15,18)(H2,14,16,17);1H. The molecule has 0 unspecified atom stereocenters. The molecule has 0 heterocycles. The second-order valence-electron chi connectivity index (χ2n) is 4.17. The minimum atomic E-state index is -0.0264. The molecule has 0 atom stereocenters. The molecule has 0 aliphatic heterocycles. The van der Waals surface area contributed by atoms with Crippen LogP contribution in [0.1, 0.15) is 33.1 Å². The van der Waals surface area contributed by atoms with Crippen LogP contribution in [0.15, 0.2) is 4.99 Å². The third-order valence-electron chi connectivity index (χ3n) is 2.36. The number of nitrogens with one attached hydrogen (secondary N) is 3. The van der Waals surface area contributed by atoms with E-state index in [1.807, 2.05) is 25.6 Å². The number of carbonyl (C=O) groups is 1. The maximum atomic E-state index is 11.4. The molecule has 1 amide bonds. The van der Waals surface area contributed by atoms with E-state index in [-0.39, 0.29) is 36.4 Å². The molecule has 20 heavy (non-hydrogen) atoms. The lowest BCUT2D eigenvalue weighted by atomic mass is 10.3. The van der Waals surface area contributed by atoms with Crippen LogP contribution in [0.5, 0.6) is 0 Å². The zero-order chi connectivity index (χ0) is 14.3. The van der Waals surface area contributed by atoms with Crippen LogP contribution in [0.25, 0.3) is 0 Å². The second kappa shape index (κ2) is 16.9. The quantitative estimate of drug-likeness (QED) is 0.220. The Bertz CT molecular complexity index is 265. The van der Waals surface area contributed by atoms with Gasteiger partial charge in [-0.05, 0) is 38.2 Å². The summed E-state index contributed by atoms with van der Waals surface area (Å²) in [5.74, 6) is 1.88. The molecule has 120 valence electrons. The summed E-state index contributed by atoms with van der Waals surface area (Å²) >= 11 is 1.87. The molecule has 0 aromatic heterocycles. The van der Waals surface area contributed by atoms with Crippen molar-refractivity contribution in [3.63, 3.8) is 0 Å². The molecule has 5 nitrogen and oxygen atoms in total. The number of unbranched alkanes of at least 4 members (excludes halogenated alkanes) is 1. The number of thioether (sulfide) groups is 1. The molecule has 0 aliphatic rings. The minimum Gasteiger partial charge on any atom is -0.357 e. The monoisotopic (exact) mass is 416 g/mol. The number of halogens is 1. The third-order valence-corrected chi connectivity index (χ3v) is 3.06. The topological polar surface area (TPSA) is 65.5 Å². The number of rotatable bonds is 10. The molecular weight excluding hydrogens is 387 g/mol. The number of hydrogen-bond donors (Lipinski definition) is 3. The molecule has 0 aromatic rings. The SMILES string of the molecule is CCCNC(=O)CN=C(NCC)NCCCCSC.I. The van der Waals surface area contributed by atoms with Crippen molar-refractivity contribution in [2.45, 2.75) is 33.1 Å². The smallest absolute Gasteiger partial charge is 0.241 e. The Morgan fingerprint density at radius 2 is 1.85 bits per heavy atom. The summed E-state index contributed by atoms with van der Waals surface area (Å²) in [7, 11) is 0. The van der Waals surface area contributed by atoms with Crippen LogP contribution in [0.3, 0.4) is 0 Å². The van der Waals surface area contributed by atoms with E-state index in [9.17, 15) is 4.79 Å². The van der Waals surface area contributed by atoms with Gasteiger partial charge < -0.3 is 16.0 Å². The van der Waals surface area contributed by atoms with Crippen molar-refractivity contribution in [1.29, 1.82) is 0 Å². The van der Waals surface area contributed by atoms with Gasteiger partial charge in [0.2, 0.25) is 5.91 Å². The summed E-state index contributed by atoms with van der Waals surface area (Å²) in [6.07, 6.45) is 5.38. The van der Waals surface area contributed by atoms with Gasteiger partial charge in [0.25, 0.3) is 0 Å². The van der Waals surface area contributed by atoms with E-state index in [1.54, 1.807) is 0 Å². The number of hydrogen-bond acceptors (Lipinski definition) is 3. The Labute approximate surface area is 144 Å². The van der Waals surface area contributed by atoms with Crippen LogP contribution >= 0.6 is 35.7 Å². The van der Waals surface area contributed by atoms with E-state index < -0.39 is 0 Å². The van der Waals surface area contributed by atoms with Crippen LogP contribution in [0.4, 0.5) is 0 Å². The predicted octanol–water partition coefficient (Wildman–Crippen LogP) is 1.83. The molecule has 0 spiro atoms. The molecule has 0 radical (unpaired) electrons. The minimum absolute atomic E-state index is 0. The molecule has 7 heteroatoms. The number of aliphatic imine (C=N–C) groups is 1. The lowest BCUT2D eigenvalue weighted by Crippen LogP contribution is -2.39. The van der Waals surface area contributed by atoms with Gasteiger partial charge in [-0.2, -0.15) is 11.8 Å². The van der Waals surface area contributed by atoms with Crippen molar-refractivity contribution >= 4 is 47.6 Å². The summed E-state index contributed by atoms with van der Waals surface area (Å²) in [5.41, 5.74) is 0. The maximum Gasteiger partial charge on any atom is 0.241 e. The highest BCUT2D eigenvalue weighted by molar-refractivity contribution is 14.0. The van der Waals surface area contributed by atoms with Crippen LogP contribution < -0.4 is 16.0 Å². The summed E-state index contributed by atoms with van der Waals surface area (Å²) in [5, 5.41) is 9.19. The van der Waals surface area contributed by atoms with E-state index in [1.165, 1.54) is 12.2 Å². The van der Waals surface area contributed by atoms with Gasteiger partial charge in [-0.3, -0.25) is 4.79 Å². The predicted molar refractivity (Wildman–Crippen MR) is 100 cm³/mol. The molecule has 3 N–H and O–H groups in total. The third kappa shape index (κ3) is 14.2. The van der Waals surface area contributed by atoms with Crippen LogP contribution in [-0.4, -0.2) is 50.1 Å². The summed E-state index contributed by atoms with van der Waals surface area (Å²) < 4.78 is 0. The van der Waals surface area contributed by atoms with Gasteiger partial charge in [0, 0.05) is 19.6 Å². The van der Waals surface area contributed by atoms with Gasteiger partial charge in [-0.1, -0.05) is 6.92 Å². The first kappa shape index (κ1) is 22.1. The van der Waals surface area contributed by atoms with Crippen LogP contribution in [0, 0.1) is 0 Å². The second-order valence-corrected chi connectivity index (χ2v) is 5.16. The maximum absolute atomic E-state index is 11.4. The van der Waals surface area contributed by atoms with Crippen molar-refractivity contribution in [2.75, 3.05) is 38.2 Å². The van der Waals surface area contributed by atoms with E-state index in [2.05, 4.69) is 27.2 Å². The molecule has 0 bridgehead atoms. The molecule has 0 fully saturated rings. The number of guanidine groups is 1. The zero-order valence-electron chi connectivity index (χ0n) is 12.8. The van der Waals surface area contributed by atoms with E-state index in [0.717, 1.165) is 31.9 Å². The Hall–Kier alpha value is -0.180. The highest BCUT2D eigenvalue weighted by atomic mass is 127. The number of amides is 1. The fourth-order valence-electron chi connectivity index (χ4n) is 1.39. The molecular formula is C13H29IN4OS. The fourth-order valence-corrected chi connectivity index (χ4v) is 1.88. The Balaban J connectivity index is 0. The lowest BCUT2D eigenvalue weighted by Gasteiger charge is -2.11. The van der Waals surface area contributed by atoms with E-state index in [0.29, 0.717) is 6.54 Å². The first-order valence-corrected chi connectivity index (χ1v) is 8.41. The van der Waals surface area contributed by atoms with Gasteiger partial charge in [0.1, 0.15) is 6.54 Å². The summed E-state index contributed by atoms with van der Waals surface area (Å²) in [6, 6.07) is 0.